The van der Waals surface area contributed by atoms with Crippen molar-refractivity contribution in [1.29, 1.82) is 0 Å². The Labute approximate surface area is 118 Å². The van der Waals surface area contributed by atoms with Crippen molar-refractivity contribution in [2.24, 2.45) is 5.92 Å². The molecule has 2 aromatic rings. The van der Waals surface area contributed by atoms with Crippen LogP contribution < -0.4 is 10.1 Å². The van der Waals surface area contributed by atoms with E-state index in [1.807, 2.05) is 0 Å². The SMILES string of the molecule is Cc1cc(F)ccc1Oc1nc(CNCC(C)C)co1. The Morgan fingerprint density at radius 1 is 1.40 bits per heavy atom. The molecular weight excluding hydrogens is 259 g/mol. The van der Waals surface area contributed by atoms with E-state index in [-0.39, 0.29) is 11.9 Å². The maximum absolute atomic E-state index is 13.0. The van der Waals surface area contributed by atoms with Crippen LogP contribution in [0.25, 0.3) is 0 Å². The quantitative estimate of drug-likeness (QED) is 0.876. The predicted molar refractivity (Wildman–Crippen MR) is 74.3 cm³/mol. The molecule has 0 bridgehead atoms. The van der Waals surface area contributed by atoms with Crippen molar-refractivity contribution >= 4 is 0 Å². The van der Waals surface area contributed by atoms with Gasteiger partial charge in [-0.1, -0.05) is 13.8 Å². The molecule has 20 heavy (non-hydrogen) atoms. The zero-order chi connectivity index (χ0) is 14.5. The number of aryl methyl sites for hydroxylation is 1. The van der Waals surface area contributed by atoms with E-state index in [2.05, 4.69) is 24.1 Å². The average Bonchev–Trinajstić information content (AvgIpc) is 2.80. The van der Waals surface area contributed by atoms with Gasteiger partial charge in [0.05, 0.1) is 5.69 Å². The fraction of sp³-hybridized carbons (Fsp3) is 0.400. The van der Waals surface area contributed by atoms with Crippen LogP contribution in [0.3, 0.4) is 0 Å². The summed E-state index contributed by atoms with van der Waals surface area (Å²) in [5.74, 6) is 0.829. The lowest BCUT2D eigenvalue weighted by molar-refractivity contribution is 0.328. The molecule has 0 unspecified atom stereocenters. The molecule has 1 heterocycles. The van der Waals surface area contributed by atoms with E-state index in [0.717, 1.165) is 12.2 Å². The molecule has 0 aliphatic carbocycles. The zero-order valence-electron chi connectivity index (χ0n) is 11.9. The lowest BCUT2D eigenvalue weighted by Gasteiger charge is -2.05. The number of hydrogen-bond acceptors (Lipinski definition) is 4. The zero-order valence-corrected chi connectivity index (χ0v) is 11.9. The molecule has 0 saturated carbocycles. The molecule has 1 aromatic carbocycles. The Morgan fingerprint density at radius 3 is 2.90 bits per heavy atom. The number of rotatable bonds is 6. The number of halogens is 1. The lowest BCUT2D eigenvalue weighted by atomic mass is 10.2. The number of aromatic nitrogens is 1. The minimum Gasteiger partial charge on any atom is -0.417 e. The molecule has 1 N–H and O–H groups in total. The molecule has 0 saturated heterocycles. The molecule has 108 valence electrons. The van der Waals surface area contributed by atoms with Gasteiger partial charge in [0.15, 0.2) is 0 Å². The first-order chi connectivity index (χ1) is 9.54. The number of benzene rings is 1. The third kappa shape index (κ3) is 4.06. The van der Waals surface area contributed by atoms with Crippen LogP contribution in [-0.4, -0.2) is 11.5 Å². The van der Waals surface area contributed by atoms with Crippen molar-refractivity contribution in [2.45, 2.75) is 27.3 Å². The standard InChI is InChI=1S/C15H19FN2O2/c1-10(2)7-17-8-13-9-19-15(18-13)20-14-5-4-12(16)6-11(14)3/h4-6,9-10,17H,7-8H2,1-3H3. The first kappa shape index (κ1) is 14.5. The van der Waals surface area contributed by atoms with Crippen molar-refractivity contribution in [3.05, 3.63) is 41.5 Å². The number of ether oxygens (including phenoxy) is 1. The first-order valence-electron chi connectivity index (χ1n) is 6.63. The van der Waals surface area contributed by atoms with Crippen LogP contribution in [0.5, 0.6) is 11.8 Å². The van der Waals surface area contributed by atoms with Crippen LogP contribution in [0.2, 0.25) is 0 Å². The van der Waals surface area contributed by atoms with Gasteiger partial charge < -0.3 is 14.5 Å². The Bertz CT molecular complexity index is 567. The third-order valence-electron chi connectivity index (χ3n) is 2.72. The van der Waals surface area contributed by atoms with E-state index in [4.69, 9.17) is 9.15 Å². The van der Waals surface area contributed by atoms with Crippen molar-refractivity contribution in [2.75, 3.05) is 6.54 Å². The highest BCUT2D eigenvalue weighted by atomic mass is 19.1. The summed E-state index contributed by atoms with van der Waals surface area (Å²) in [4.78, 5) is 4.22. The minimum atomic E-state index is -0.291. The fourth-order valence-electron chi connectivity index (χ4n) is 1.73. The van der Waals surface area contributed by atoms with Gasteiger partial charge in [0.25, 0.3) is 0 Å². The van der Waals surface area contributed by atoms with E-state index >= 15 is 0 Å². The second kappa shape index (κ2) is 6.52. The van der Waals surface area contributed by atoms with Crippen molar-refractivity contribution in [1.82, 2.24) is 10.3 Å². The Hall–Kier alpha value is -1.88. The molecule has 0 aliphatic heterocycles. The fourth-order valence-corrected chi connectivity index (χ4v) is 1.73. The molecule has 0 fully saturated rings. The molecule has 0 aliphatic rings. The molecule has 0 atom stereocenters. The molecule has 0 amide bonds. The number of hydrogen-bond donors (Lipinski definition) is 1. The van der Waals surface area contributed by atoms with Crippen LogP contribution in [0.15, 0.2) is 28.9 Å². The van der Waals surface area contributed by atoms with Gasteiger partial charge in [-0.15, -0.1) is 0 Å². The topological polar surface area (TPSA) is 47.3 Å². The van der Waals surface area contributed by atoms with E-state index in [9.17, 15) is 4.39 Å². The van der Waals surface area contributed by atoms with Gasteiger partial charge in [-0.2, -0.15) is 4.98 Å². The third-order valence-corrected chi connectivity index (χ3v) is 2.72. The van der Waals surface area contributed by atoms with Crippen LogP contribution in [-0.2, 0) is 6.54 Å². The van der Waals surface area contributed by atoms with Crippen LogP contribution >= 0.6 is 0 Å². The van der Waals surface area contributed by atoms with E-state index in [1.54, 1.807) is 19.3 Å². The van der Waals surface area contributed by atoms with E-state index < -0.39 is 0 Å². The summed E-state index contributed by atoms with van der Waals surface area (Å²) >= 11 is 0. The highest BCUT2D eigenvalue weighted by Crippen LogP contribution is 2.24. The summed E-state index contributed by atoms with van der Waals surface area (Å²) in [5, 5.41) is 3.27. The van der Waals surface area contributed by atoms with Crippen molar-refractivity contribution in [3.8, 4) is 11.8 Å². The maximum Gasteiger partial charge on any atom is 0.399 e. The van der Waals surface area contributed by atoms with Gasteiger partial charge in [-0.05, 0) is 43.1 Å². The Kier molecular flexibility index (Phi) is 4.74. The predicted octanol–water partition coefficient (Wildman–Crippen LogP) is 3.66. The van der Waals surface area contributed by atoms with Crippen molar-refractivity contribution in [3.63, 3.8) is 0 Å². The molecule has 4 nitrogen and oxygen atoms in total. The molecule has 2 rings (SSSR count). The van der Waals surface area contributed by atoms with Gasteiger partial charge in [0.1, 0.15) is 17.8 Å². The highest BCUT2D eigenvalue weighted by Gasteiger charge is 2.09. The largest absolute Gasteiger partial charge is 0.417 e. The maximum atomic E-state index is 13.0. The van der Waals surface area contributed by atoms with Crippen molar-refractivity contribution < 1.29 is 13.5 Å². The summed E-state index contributed by atoms with van der Waals surface area (Å²) in [5.41, 5.74) is 1.48. The van der Waals surface area contributed by atoms with Gasteiger partial charge in [-0.3, -0.25) is 0 Å². The van der Waals surface area contributed by atoms with Gasteiger partial charge >= 0.3 is 6.08 Å². The number of nitrogens with zero attached hydrogens (tertiary/aromatic N) is 1. The normalized spacial score (nSPS) is 11.1. The highest BCUT2D eigenvalue weighted by molar-refractivity contribution is 5.34. The van der Waals surface area contributed by atoms with Gasteiger partial charge in [-0.25, -0.2) is 4.39 Å². The number of nitrogens with one attached hydrogen (secondary N) is 1. The second-order valence-electron chi connectivity index (χ2n) is 5.14. The average molecular weight is 278 g/mol. The van der Waals surface area contributed by atoms with Gasteiger partial charge in [0.2, 0.25) is 0 Å². The molecule has 5 heteroatoms. The summed E-state index contributed by atoms with van der Waals surface area (Å²) in [6.07, 6.45) is 1.72. The van der Waals surface area contributed by atoms with Crippen LogP contribution in [0.1, 0.15) is 25.1 Å². The molecule has 1 aromatic heterocycles. The molecular formula is C15H19FN2O2. The molecule has 0 radical (unpaired) electrons. The summed E-state index contributed by atoms with van der Waals surface area (Å²) < 4.78 is 23.7. The summed E-state index contributed by atoms with van der Waals surface area (Å²) in [7, 11) is 0. The van der Waals surface area contributed by atoms with Crippen LogP contribution in [0, 0.1) is 18.7 Å². The second-order valence-corrected chi connectivity index (χ2v) is 5.14. The Balaban J connectivity index is 1.95. The van der Waals surface area contributed by atoms with E-state index in [0.29, 0.717) is 23.8 Å². The molecule has 0 spiro atoms. The summed E-state index contributed by atoms with van der Waals surface area (Å²) in [6.45, 7) is 7.60. The summed E-state index contributed by atoms with van der Waals surface area (Å²) in [6, 6.07) is 4.31. The van der Waals surface area contributed by atoms with Gasteiger partial charge in [0, 0.05) is 6.54 Å². The minimum absolute atomic E-state index is 0.168. The smallest absolute Gasteiger partial charge is 0.399 e. The monoisotopic (exact) mass is 278 g/mol. The van der Waals surface area contributed by atoms with Crippen LogP contribution in [0.4, 0.5) is 4.39 Å². The Morgan fingerprint density at radius 2 is 2.20 bits per heavy atom. The lowest BCUT2D eigenvalue weighted by Crippen LogP contribution is -2.19. The first-order valence-corrected chi connectivity index (χ1v) is 6.63. The van der Waals surface area contributed by atoms with E-state index in [1.165, 1.54) is 12.1 Å². The number of oxazole rings is 1.